The minimum atomic E-state index is -0.436. The van der Waals surface area contributed by atoms with Crippen LogP contribution in [-0.2, 0) is 0 Å². The van der Waals surface area contributed by atoms with E-state index in [1.807, 2.05) is 0 Å². The van der Waals surface area contributed by atoms with E-state index in [-0.39, 0.29) is 34.1 Å². The van der Waals surface area contributed by atoms with E-state index in [4.69, 9.17) is 4.42 Å². The number of hydrogen-bond donors (Lipinski definition) is 0. The lowest BCUT2D eigenvalue weighted by atomic mass is 9.82. The van der Waals surface area contributed by atoms with Crippen molar-refractivity contribution >= 4 is 22.9 Å². The van der Waals surface area contributed by atoms with Crippen molar-refractivity contribution < 1.29 is 18.8 Å². The zero-order chi connectivity index (χ0) is 17.8. The predicted molar refractivity (Wildman–Crippen MR) is 92.8 cm³/mol. The molecule has 26 heavy (non-hydrogen) atoms. The predicted octanol–water partition coefficient (Wildman–Crippen LogP) is 3.54. The normalized spacial score (nSPS) is 12.9. The average Bonchev–Trinajstić information content (AvgIpc) is 3.35. The maximum atomic E-state index is 13.2. The molecule has 0 atom stereocenters. The smallest absolute Gasteiger partial charge is 0.245 e. The van der Waals surface area contributed by atoms with Gasteiger partial charge >= 0.3 is 0 Å². The van der Waals surface area contributed by atoms with Gasteiger partial charge in [-0.25, -0.2) is 0 Å². The molecule has 0 spiro atoms. The summed E-state index contributed by atoms with van der Waals surface area (Å²) in [4.78, 5) is 39.2. The molecular formula is C21H11NO4. The lowest BCUT2D eigenvalue weighted by Gasteiger charge is -2.20. The van der Waals surface area contributed by atoms with Gasteiger partial charge in [-0.15, -0.1) is 0 Å². The lowest BCUT2D eigenvalue weighted by molar-refractivity contribution is 0.0963. The van der Waals surface area contributed by atoms with E-state index in [0.717, 1.165) is 0 Å². The van der Waals surface area contributed by atoms with Crippen LogP contribution in [0.25, 0.3) is 5.52 Å². The Kier molecular flexibility index (Phi) is 2.88. The minimum absolute atomic E-state index is 0.118. The highest BCUT2D eigenvalue weighted by Gasteiger charge is 2.35. The van der Waals surface area contributed by atoms with Crippen LogP contribution in [0.4, 0.5) is 0 Å². The monoisotopic (exact) mass is 341 g/mol. The number of hydrogen-bond acceptors (Lipinski definition) is 4. The number of nitrogens with zero attached hydrogens (tertiary/aromatic N) is 1. The second-order valence-corrected chi connectivity index (χ2v) is 6.09. The van der Waals surface area contributed by atoms with E-state index in [9.17, 15) is 14.4 Å². The van der Waals surface area contributed by atoms with Gasteiger partial charge in [0.25, 0.3) is 0 Å². The van der Waals surface area contributed by atoms with Gasteiger partial charge in [-0.2, -0.15) is 0 Å². The number of pyridine rings is 1. The van der Waals surface area contributed by atoms with Gasteiger partial charge in [-0.05, 0) is 30.3 Å². The molecule has 1 aliphatic carbocycles. The van der Waals surface area contributed by atoms with Crippen LogP contribution >= 0.6 is 0 Å². The summed E-state index contributed by atoms with van der Waals surface area (Å²) in [7, 11) is 0. The number of fused-ring (bicyclic) bond motifs is 3. The first-order valence-corrected chi connectivity index (χ1v) is 8.07. The van der Waals surface area contributed by atoms with Crippen molar-refractivity contribution in [3.05, 3.63) is 101 Å². The zero-order valence-electron chi connectivity index (χ0n) is 13.4. The van der Waals surface area contributed by atoms with E-state index < -0.39 is 5.78 Å². The van der Waals surface area contributed by atoms with Crippen molar-refractivity contribution in [3.63, 3.8) is 0 Å². The van der Waals surface area contributed by atoms with Crippen LogP contribution in [0.2, 0.25) is 0 Å². The Morgan fingerprint density at radius 2 is 1.62 bits per heavy atom. The van der Waals surface area contributed by atoms with Gasteiger partial charge in [0.05, 0.1) is 11.8 Å². The number of furan rings is 1. The van der Waals surface area contributed by atoms with Gasteiger partial charge in [0.1, 0.15) is 5.69 Å². The zero-order valence-corrected chi connectivity index (χ0v) is 13.4. The lowest BCUT2D eigenvalue weighted by Crippen LogP contribution is -2.26. The van der Waals surface area contributed by atoms with Gasteiger partial charge in [0.15, 0.2) is 17.3 Å². The second kappa shape index (κ2) is 5.13. The van der Waals surface area contributed by atoms with Crippen molar-refractivity contribution in [3.8, 4) is 0 Å². The van der Waals surface area contributed by atoms with Crippen molar-refractivity contribution in [2.24, 2.45) is 0 Å². The fourth-order valence-corrected chi connectivity index (χ4v) is 3.50. The molecule has 0 saturated heterocycles. The summed E-state index contributed by atoms with van der Waals surface area (Å²) in [5.74, 6) is -0.908. The molecule has 5 nitrogen and oxygen atoms in total. The van der Waals surface area contributed by atoms with Gasteiger partial charge < -0.3 is 8.82 Å². The highest BCUT2D eigenvalue weighted by Crippen LogP contribution is 2.32. The van der Waals surface area contributed by atoms with E-state index >= 15 is 0 Å². The first kappa shape index (κ1) is 14.6. The topological polar surface area (TPSA) is 68.8 Å². The van der Waals surface area contributed by atoms with Crippen LogP contribution < -0.4 is 0 Å². The molecule has 5 heteroatoms. The van der Waals surface area contributed by atoms with Crippen LogP contribution in [0.1, 0.15) is 48.1 Å². The quantitative estimate of drug-likeness (QED) is 0.461. The number of carbonyl (C=O) groups excluding carboxylic acids is 3. The third kappa shape index (κ3) is 1.82. The van der Waals surface area contributed by atoms with Gasteiger partial charge in [-0.3, -0.25) is 14.4 Å². The summed E-state index contributed by atoms with van der Waals surface area (Å²) >= 11 is 0. The molecule has 1 aromatic carbocycles. The maximum absolute atomic E-state index is 13.2. The number of rotatable bonds is 2. The minimum Gasteiger partial charge on any atom is -0.461 e. The molecule has 3 heterocycles. The molecule has 0 amide bonds. The van der Waals surface area contributed by atoms with E-state index in [1.165, 1.54) is 6.26 Å². The Labute approximate surface area is 147 Å². The van der Waals surface area contributed by atoms with Gasteiger partial charge in [0, 0.05) is 28.4 Å². The molecule has 124 valence electrons. The fourth-order valence-electron chi connectivity index (χ4n) is 3.50. The number of benzene rings is 1. The molecule has 4 aromatic rings. The fraction of sp³-hybridized carbons (Fsp3) is 0. The van der Waals surface area contributed by atoms with Crippen LogP contribution in [-0.4, -0.2) is 21.8 Å². The number of aromatic nitrogens is 1. The van der Waals surface area contributed by atoms with Gasteiger partial charge in [0.2, 0.25) is 5.78 Å². The summed E-state index contributed by atoms with van der Waals surface area (Å²) < 4.78 is 6.87. The summed E-state index contributed by atoms with van der Waals surface area (Å²) in [5.41, 5.74) is 1.85. The van der Waals surface area contributed by atoms with E-state index in [1.54, 1.807) is 65.2 Å². The SMILES string of the molecule is O=C1c2ccccc2C(=O)c2c1cc1cccn1c2C(=O)c1ccco1. The number of ketones is 3. The molecule has 0 radical (unpaired) electrons. The molecule has 0 aliphatic heterocycles. The molecule has 0 N–H and O–H groups in total. The molecular weight excluding hydrogens is 330 g/mol. The van der Waals surface area contributed by atoms with E-state index in [2.05, 4.69) is 0 Å². The van der Waals surface area contributed by atoms with Crippen LogP contribution in [0.5, 0.6) is 0 Å². The molecule has 3 aromatic heterocycles. The summed E-state index contributed by atoms with van der Waals surface area (Å²) in [5, 5.41) is 0. The third-order valence-corrected chi connectivity index (χ3v) is 4.67. The molecule has 0 fully saturated rings. The van der Waals surface area contributed by atoms with Crippen LogP contribution in [0.15, 0.2) is 71.5 Å². The number of carbonyl (C=O) groups is 3. The van der Waals surface area contributed by atoms with Crippen molar-refractivity contribution in [1.82, 2.24) is 4.40 Å². The Morgan fingerprint density at radius 1 is 0.846 bits per heavy atom. The van der Waals surface area contributed by atoms with Crippen LogP contribution in [0.3, 0.4) is 0 Å². The molecule has 0 bridgehead atoms. The van der Waals surface area contributed by atoms with E-state index in [0.29, 0.717) is 16.6 Å². The Morgan fingerprint density at radius 3 is 2.35 bits per heavy atom. The third-order valence-electron chi connectivity index (χ3n) is 4.67. The first-order chi connectivity index (χ1) is 12.7. The highest BCUT2D eigenvalue weighted by molar-refractivity contribution is 6.31. The Hall–Kier alpha value is -3.73. The van der Waals surface area contributed by atoms with Crippen molar-refractivity contribution in [2.45, 2.75) is 0 Å². The van der Waals surface area contributed by atoms with Crippen LogP contribution in [0, 0.1) is 0 Å². The second-order valence-electron chi connectivity index (χ2n) is 6.09. The molecule has 0 saturated carbocycles. The Bertz CT molecular complexity index is 1230. The van der Waals surface area contributed by atoms with Crippen molar-refractivity contribution in [2.75, 3.05) is 0 Å². The summed E-state index contributed by atoms with van der Waals surface area (Å²) in [6, 6.07) is 15.0. The summed E-state index contributed by atoms with van der Waals surface area (Å²) in [6.07, 6.45) is 3.10. The highest BCUT2D eigenvalue weighted by atomic mass is 16.3. The molecule has 5 rings (SSSR count). The average molecular weight is 341 g/mol. The molecule has 1 aliphatic rings. The van der Waals surface area contributed by atoms with Gasteiger partial charge in [-0.1, -0.05) is 24.3 Å². The Balaban J connectivity index is 1.89. The standard InChI is InChI=1S/C21H11NO4/c23-19-13-6-1-2-7-14(13)20(24)17-15(19)11-12-5-3-9-22(12)18(17)21(25)16-8-4-10-26-16/h1-11H. The molecule has 0 unspecified atom stereocenters. The first-order valence-electron chi connectivity index (χ1n) is 8.07. The van der Waals surface area contributed by atoms with Crippen molar-refractivity contribution in [1.29, 1.82) is 0 Å². The largest absolute Gasteiger partial charge is 0.461 e. The maximum Gasteiger partial charge on any atom is 0.245 e. The summed E-state index contributed by atoms with van der Waals surface area (Å²) in [6.45, 7) is 0.